The molecule has 1 aliphatic carbocycles. The van der Waals surface area contributed by atoms with Gasteiger partial charge in [0.1, 0.15) is 11.6 Å². The van der Waals surface area contributed by atoms with Crippen LogP contribution in [-0.2, 0) is 0 Å². The summed E-state index contributed by atoms with van der Waals surface area (Å²) in [5.41, 5.74) is 0.746. The number of aromatic hydroxyl groups is 1. The second-order valence-electron chi connectivity index (χ2n) is 6.10. The highest BCUT2D eigenvalue weighted by atomic mass is 79.9. The molecule has 1 aromatic rings. The first-order chi connectivity index (χ1) is 10.2. The average molecular weight is 357 g/mol. The molecular weight excluding hydrogens is 335 g/mol. The van der Waals surface area contributed by atoms with Gasteiger partial charge in [0.15, 0.2) is 0 Å². The van der Waals surface area contributed by atoms with Gasteiger partial charge < -0.3 is 10.4 Å². The predicted octanol–water partition coefficient (Wildman–Crippen LogP) is 3.43. The lowest BCUT2D eigenvalue weighted by Crippen LogP contribution is -2.46. The molecular formula is C16H22BrFN2O. The molecule has 116 valence electrons. The van der Waals surface area contributed by atoms with E-state index in [9.17, 15) is 9.50 Å². The van der Waals surface area contributed by atoms with E-state index in [4.69, 9.17) is 0 Å². The lowest BCUT2D eigenvalue weighted by Gasteiger charge is -2.39. The van der Waals surface area contributed by atoms with E-state index in [-0.39, 0.29) is 17.6 Å². The maximum absolute atomic E-state index is 13.9. The van der Waals surface area contributed by atoms with Crippen molar-refractivity contribution < 1.29 is 9.50 Å². The van der Waals surface area contributed by atoms with Gasteiger partial charge in [0.05, 0.1) is 4.47 Å². The molecule has 5 heteroatoms. The quantitative estimate of drug-likeness (QED) is 0.870. The van der Waals surface area contributed by atoms with E-state index < -0.39 is 0 Å². The van der Waals surface area contributed by atoms with E-state index in [2.05, 4.69) is 26.1 Å². The Morgan fingerprint density at radius 3 is 2.57 bits per heavy atom. The maximum Gasteiger partial charge on any atom is 0.134 e. The highest BCUT2D eigenvalue weighted by Gasteiger charge is 2.34. The fraction of sp³-hybridized carbons (Fsp3) is 0.625. The fourth-order valence-corrected chi connectivity index (χ4v) is 4.24. The largest absolute Gasteiger partial charge is 0.506 e. The van der Waals surface area contributed by atoms with Gasteiger partial charge in [-0.3, -0.25) is 4.90 Å². The van der Waals surface area contributed by atoms with Crippen LogP contribution in [0.2, 0.25) is 0 Å². The number of nitrogens with zero attached hydrogens (tertiary/aromatic N) is 1. The SMILES string of the molecule is Oc1c(Br)cc(F)cc1[C@H](C1CCCC1)N1CCNCC1. The summed E-state index contributed by atoms with van der Waals surface area (Å²) < 4.78 is 14.3. The molecule has 21 heavy (non-hydrogen) atoms. The van der Waals surface area contributed by atoms with Crippen LogP contribution < -0.4 is 5.32 Å². The zero-order chi connectivity index (χ0) is 14.8. The second kappa shape index (κ2) is 6.63. The van der Waals surface area contributed by atoms with Gasteiger partial charge in [-0.15, -0.1) is 0 Å². The van der Waals surface area contributed by atoms with Crippen LogP contribution in [0.3, 0.4) is 0 Å². The summed E-state index contributed by atoms with van der Waals surface area (Å²) in [6.07, 6.45) is 4.82. The summed E-state index contributed by atoms with van der Waals surface area (Å²) in [5.74, 6) is 0.433. The molecule has 1 heterocycles. The Morgan fingerprint density at radius 1 is 1.24 bits per heavy atom. The molecule has 1 atom stereocenters. The summed E-state index contributed by atoms with van der Waals surface area (Å²) in [7, 11) is 0. The summed E-state index contributed by atoms with van der Waals surface area (Å²) in [5, 5.41) is 13.8. The minimum Gasteiger partial charge on any atom is -0.506 e. The number of piperazine rings is 1. The van der Waals surface area contributed by atoms with E-state index in [1.165, 1.54) is 37.8 Å². The highest BCUT2D eigenvalue weighted by molar-refractivity contribution is 9.10. The first-order valence-electron chi connectivity index (χ1n) is 7.79. The summed E-state index contributed by atoms with van der Waals surface area (Å²) in [4.78, 5) is 2.41. The normalized spacial score (nSPS) is 22.6. The van der Waals surface area contributed by atoms with Gasteiger partial charge in [0.25, 0.3) is 0 Å². The number of halogens is 2. The van der Waals surface area contributed by atoms with E-state index in [1.807, 2.05) is 0 Å². The molecule has 1 aromatic carbocycles. The molecule has 3 rings (SSSR count). The molecule has 2 aliphatic rings. The van der Waals surface area contributed by atoms with Crippen molar-refractivity contribution in [2.45, 2.75) is 31.7 Å². The summed E-state index contributed by atoms with van der Waals surface area (Å²) >= 11 is 3.28. The first-order valence-corrected chi connectivity index (χ1v) is 8.59. The van der Waals surface area contributed by atoms with E-state index in [1.54, 1.807) is 0 Å². The van der Waals surface area contributed by atoms with Crippen molar-refractivity contribution >= 4 is 15.9 Å². The third-order valence-electron chi connectivity index (χ3n) is 4.77. The molecule has 1 saturated carbocycles. The van der Waals surface area contributed by atoms with E-state index in [0.717, 1.165) is 31.7 Å². The monoisotopic (exact) mass is 356 g/mol. The minimum atomic E-state index is -0.284. The van der Waals surface area contributed by atoms with Crippen molar-refractivity contribution in [3.8, 4) is 5.75 Å². The van der Waals surface area contributed by atoms with Crippen LogP contribution in [0.4, 0.5) is 4.39 Å². The standard InChI is InChI=1S/C16H22BrFN2O/c17-14-10-12(18)9-13(16(14)21)15(11-3-1-2-4-11)20-7-5-19-6-8-20/h9-11,15,19,21H,1-8H2/t15-/m0/s1. The van der Waals surface area contributed by atoms with Crippen LogP contribution in [0.15, 0.2) is 16.6 Å². The molecule has 2 fully saturated rings. The Hall–Kier alpha value is -0.650. The number of benzene rings is 1. The topological polar surface area (TPSA) is 35.5 Å². The van der Waals surface area contributed by atoms with Crippen LogP contribution in [0, 0.1) is 11.7 Å². The van der Waals surface area contributed by atoms with E-state index in [0.29, 0.717) is 10.4 Å². The Labute approximate surface area is 133 Å². The lowest BCUT2D eigenvalue weighted by molar-refractivity contribution is 0.123. The van der Waals surface area contributed by atoms with Crippen molar-refractivity contribution in [2.75, 3.05) is 26.2 Å². The molecule has 2 N–H and O–H groups in total. The van der Waals surface area contributed by atoms with Crippen LogP contribution in [0.5, 0.6) is 5.75 Å². The summed E-state index contributed by atoms with van der Waals surface area (Å²) in [6, 6.07) is 2.98. The molecule has 0 spiro atoms. The van der Waals surface area contributed by atoms with Gasteiger partial charge in [-0.2, -0.15) is 0 Å². The predicted molar refractivity (Wildman–Crippen MR) is 84.9 cm³/mol. The van der Waals surface area contributed by atoms with Gasteiger partial charge in [0.2, 0.25) is 0 Å². The average Bonchev–Trinajstić information content (AvgIpc) is 2.99. The van der Waals surface area contributed by atoms with Gasteiger partial charge in [-0.05, 0) is 46.8 Å². The Kier molecular flexibility index (Phi) is 4.82. The molecule has 0 unspecified atom stereocenters. The Morgan fingerprint density at radius 2 is 1.90 bits per heavy atom. The highest BCUT2D eigenvalue weighted by Crippen LogP contribution is 2.44. The van der Waals surface area contributed by atoms with Gasteiger partial charge >= 0.3 is 0 Å². The third-order valence-corrected chi connectivity index (χ3v) is 5.37. The summed E-state index contributed by atoms with van der Waals surface area (Å²) in [6.45, 7) is 3.82. The number of hydrogen-bond acceptors (Lipinski definition) is 3. The van der Waals surface area contributed by atoms with Crippen LogP contribution in [0.1, 0.15) is 37.3 Å². The van der Waals surface area contributed by atoms with Crippen molar-refractivity contribution in [3.63, 3.8) is 0 Å². The third kappa shape index (κ3) is 3.25. The van der Waals surface area contributed by atoms with E-state index >= 15 is 0 Å². The van der Waals surface area contributed by atoms with Crippen LogP contribution in [0.25, 0.3) is 0 Å². The number of phenols is 1. The number of hydrogen-bond donors (Lipinski definition) is 2. The van der Waals surface area contributed by atoms with Crippen molar-refractivity contribution in [2.24, 2.45) is 5.92 Å². The van der Waals surface area contributed by atoms with Gasteiger partial charge in [0, 0.05) is 37.8 Å². The van der Waals surface area contributed by atoms with Crippen LogP contribution >= 0.6 is 15.9 Å². The second-order valence-corrected chi connectivity index (χ2v) is 6.96. The number of rotatable bonds is 3. The van der Waals surface area contributed by atoms with Gasteiger partial charge in [-0.25, -0.2) is 4.39 Å². The Bertz CT molecular complexity index is 499. The Balaban J connectivity index is 1.97. The molecule has 0 aromatic heterocycles. The molecule has 1 saturated heterocycles. The first kappa shape index (κ1) is 15.3. The lowest BCUT2D eigenvalue weighted by atomic mass is 9.89. The van der Waals surface area contributed by atoms with Crippen molar-refractivity contribution in [3.05, 3.63) is 28.0 Å². The molecule has 0 amide bonds. The molecule has 3 nitrogen and oxygen atoms in total. The van der Waals surface area contributed by atoms with Crippen LogP contribution in [-0.4, -0.2) is 36.2 Å². The maximum atomic E-state index is 13.9. The van der Waals surface area contributed by atoms with Crippen molar-refractivity contribution in [1.82, 2.24) is 10.2 Å². The zero-order valence-corrected chi connectivity index (χ0v) is 13.7. The fourth-order valence-electron chi connectivity index (χ4n) is 3.79. The smallest absolute Gasteiger partial charge is 0.134 e. The zero-order valence-electron chi connectivity index (χ0n) is 12.1. The molecule has 1 aliphatic heterocycles. The van der Waals surface area contributed by atoms with Gasteiger partial charge in [-0.1, -0.05) is 12.8 Å². The van der Waals surface area contributed by atoms with Crippen molar-refractivity contribution in [1.29, 1.82) is 0 Å². The molecule has 0 bridgehead atoms. The minimum absolute atomic E-state index is 0.126. The number of phenolic OH excluding ortho intramolecular Hbond substituents is 1. The molecule has 0 radical (unpaired) electrons. The number of nitrogens with one attached hydrogen (secondary N) is 1.